The van der Waals surface area contributed by atoms with Crippen molar-refractivity contribution >= 4 is 32.9 Å². The Kier molecular flexibility index (Phi) is 6.03. The molecule has 0 bridgehead atoms. The summed E-state index contributed by atoms with van der Waals surface area (Å²) in [5, 5.41) is 2.28. The van der Waals surface area contributed by atoms with Crippen LogP contribution in [0.25, 0.3) is 83.8 Å². The van der Waals surface area contributed by atoms with Gasteiger partial charge in [0.15, 0.2) is 5.58 Å². The van der Waals surface area contributed by atoms with E-state index < -0.39 is 0 Å². The van der Waals surface area contributed by atoms with E-state index in [9.17, 15) is 0 Å². The van der Waals surface area contributed by atoms with Crippen molar-refractivity contribution in [3.8, 4) is 50.9 Å². The van der Waals surface area contributed by atoms with Crippen LogP contribution in [0.15, 0.2) is 156 Å². The average molecular weight is 592 g/mol. The van der Waals surface area contributed by atoms with E-state index in [1.807, 2.05) is 85.2 Å². The zero-order valence-electron chi connectivity index (χ0n) is 24.6. The molecule has 0 fully saturated rings. The third-order valence-electron chi connectivity index (χ3n) is 8.39. The van der Waals surface area contributed by atoms with Crippen molar-refractivity contribution in [3.05, 3.63) is 152 Å². The van der Waals surface area contributed by atoms with Gasteiger partial charge in [0.1, 0.15) is 5.52 Å². The van der Waals surface area contributed by atoms with Crippen LogP contribution in [0.2, 0.25) is 0 Å². The number of aromatic nitrogens is 5. The standard InChI is InChI=1S/C40H25N5O/c1-4-19-41-33(10-1)26-8-7-9-30(22-26)45-37-17-14-27(34-11-2-5-20-42-34)23-32(37)31-16-13-29(25-38(31)45)40-44-36-24-28(15-18-39(36)46-40)35-12-3-6-21-43-35/h1-25H. The highest BCUT2D eigenvalue weighted by Crippen LogP contribution is 2.38. The molecule has 0 saturated carbocycles. The Morgan fingerprint density at radius 2 is 1.11 bits per heavy atom. The number of nitrogens with zero attached hydrogens (tertiary/aromatic N) is 5. The summed E-state index contributed by atoms with van der Waals surface area (Å²) in [5.41, 5.74) is 11.5. The molecular formula is C40H25N5O. The Hall–Kier alpha value is -6.40. The summed E-state index contributed by atoms with van der Waals surface area (Å²) in [5.74, 6) is 0.572. The number of rotatable bonds is 5. The van der Waals surface area contributed by atoms with Crippen LogP contribution < -0.4 is 0 Å². The van der Waals surface area contributed by atoms with E-state index in [4.69, 9.17) is 9.40 Å². The minimum Gasteiger partial charge on any atom is -0.436 e. The first-order chi connectivity index (χ1) is 22.8. The molecule has 5 heterocycles. The molecular weight excluding hydrogens is 566 g/mol. The normalized spacial score (nSPS) is 11.5. The average Bonchev–Trinajstić information content (AvgIpc) is 3.71. The predicted molar refractivity (Wildman–Crippen MR) is 183 cm³/mol. The lowest BCUT2D eigenvalue weighted by Gasteiger charge is -2.11. The Morgan fingerprint density at radius 3 is 1.80 bits per heavy atom. The van der Waals surface area contributed by atoms with Crippen LogP contribution in [-0.4, -0.2) is 24.5 Å². The van der Waals surface area contributed by atoms with Gasteiger partial charge >= 0.3 is 0 Å². The number of fused-ring (bicyclic) bond motifs is 4. The van der Waals surface area contributed by atoms with Crippen LogP contribution in [0.1, 0.15) is 0 Å². The zero-order valence-corrected chi connectivity index (χ0v) is 24.6. The number of hydrogen-bond donors (Lipinski definition) is 0. The van der Waals surface area contributed by atoms with Gasteiger partial charge < -0.3 is 8.98 Å². The van der Waals surface area contributed by atoms with E-state index in [1.54, 1.807) is 6.20 Å². The van der Waals surface area contributed by atoms with Crippen molar-refractivity contribution in [3.63, 3.8) is 0 Å². The Balaban J connectivity index is 1.24. The molecule has 4 aromatic carbocycles. The van der Waals surface area contributed by atoms with E-state index in [0.717, 1.165) is 77.9 Å². The van der Waals surface area contributed by atoms with Gasteiger partial charge in [-0.2, -0.15) is 0 Å². The molecule has 0 spiro atoms. The number of pyridine rings is 3. The first-order valence-corrected chi connectivity index (χ1v) is 15.1. The molecule has 6 nitrogen and oxygen atoms in total. The molecule has 0 aliphatic carbocycles. The molecule has 216 valence electrons. The van der Waals surface area contributed by atoms with E-state index in [0.29, 0.717) is 5.89 Å². The molecule has 6 heteroatoms. The maximum atomic E-state index is 6.31. The maximum Gasteiger partial charge on any atom is 0.227 e. The summed E-state index contributed by atoms with van der Waals surface area (Å²) in [6.45, 7) is 0. The summed E-state index contributed by atoms with van der Waals surface area (Å²) in [7, 11) is 0. The highest BCUT2D eigenvalue weighted by atomic mass is 16.3. The second-order valence-electron chi connectivity index (χ2n) is 11.2. The van der Waals surface area contributed by atoms with Gasteiger partial charge in [0.05, 0.1) is 28.1 Å². The highest BCUT2D eigenvalue weighted by Gasteiger charge is 2.17. The van der Waals surface area contributed by atoms with E-state index >= 15 is 0 Å². The van der Waals surface area contributed by atoms with Gasteiger partial charge in [-0.25, -0.2) is 4.98 Å². The molecule has 0 amide bonds. The lowest BCUT2D eigenvalue weighted by molar-refractivity contribution is 0.620. The van der Waals surface area contributed by atoms with E-state index in [1.165, 1.54) is 0 Å². The molecule has 0 saturated heterocycles. The minimum absolute atomic E-state index is 0.572. The summed E-state index contributed by atoms with van der Waals surface area (Å²) in [4.78, 5) is 18.6. The third-order valence-corrected chi connectivity index (χ3v) is 8.39. The molecule has 0 unspecified atom stereocenters. The van der Waals surface area contributed by atoms with E-state index in [2.05, 4.69) is 80.2 Å². The predicted octanol–water partition coefficient (Wildman–Crippen LogP) is 9.78. The highest BCUT2D eigenvalue weighted by molar-refractivity contribution is 6.11. The molecule has 9 rings (SSSR count). The zero-order chi connectivity index (χ0) is 30.5. The van der Waals surface area contributed by atoms with Crippen molar-refractivity contribution in [2.75, 3.05) is 0 Å². The monoisotopic (exact) mass is 591 g/mol. The quantitative estimate of drug-likeness (QED) is 0.199. The first kappa shape index (κ1) is 26.0. The van der Waals surface area contributed by atoms with Crippen LogP contribution in [0.3, 0.4) is 0 Å². The fourth-order valence-electron chi connectivity index (χ4n) is 6.21. The number of benzene rings is 4. The van der Waals surface area contributed by atoms with Crippen molar-refractivity contribution in [2.24, 2.45) is 0 Å². The van der Waals surface area contributed by atoms with E-state index in [-0.39, 0.29) is 0 Å². The lowest BCUT2D eigenvalue weighted by Crippen LogP contribution is -1.95. The molecule has 0 aliphatic rings. The summed E-state index contributed by atoms with van der Waals surface area (Å²) in [6, 6.07) is 45.4. The third kappa shape index (κ3) is 4.43. The molecule has 0 N–H and O–H groups in total. The SMILES string of the molecule is c1ccc(-c2cccc(-n3c4ccc(-c5ccccn5)cc4c4ccc(-c5nc6cc(-c7ccccn7)ccc6o5)cc43)c2)nc1. The van der Waals surface area contributed by atoms with Crippen LogP contribution in [-0.2, 0) is 0 Å². The first-order valence-electron chi connectivity index (χ1n) is 15.1. The summed E-state index contributed by atoms with van der Waals surface area (Å²) >= 11 is 0. The molecule has 5 aromatic heterocycles. The van der Waals surface area contributed by atoms with Gasteiger partial charge in [0.25, 0.3) is 0 Å². The van der Waals surface area contributed by atoms with Crippen LogP contribution in [0.5, 0.6) is 0 Å². The lowest BCUT2D eigenvalue weighted by atomic mass is 10.1. The fourth-order valence-corrected chi connectivity index (χ4v) is 6.21. The van der Waals surface area contributed by atoms with Gasteiger partial charge in [0.2, 0.25) is 5.89 Å². The Morgan fingerprint density at radius 1 is 0.457 bits per heavy atom. The van der Waals surface area contributed by atoms with Crippen LogP contribution >= 0.6 is 0 Å². The van der Waals surface area contributed by atoms with Crippen LogP contribution in [0, 0.1) is 0 Å². The second kappa shape index (κ2) is 10.6. The number of oxazole rings is 1. The van der Waals surface area contributed by atoms with Gasteiger partial charge in [-0.05, 0) is 91.0 Å². The van der Waals surface area contributed by atoms with Crippen LogP contribution in [0.4, 0.5) is 0 Å². The molecule has 46 heavy (non-hydrogen) atoms. The van der Waals surface area contributed by atoms with Gasteiger partial charge in [0, 0.05) is 57.3 Å². The smallest absolute Gasteiger partial charge is 0.227 e. The van der Waals surface area contributed by atoms with Gasteiger partial charge in [-0.15, -0.1) is 0 Å². The molecule has 0 aliphatic heterocycles. The molecule has 0 radical (unpaired) electrons. The molecule has 9 aromatic rings. The topological polar surface area (TPSA) is 69.6 Å². The van der Waals surface area contributed by atoms with Gasteiger partial charge in [-0.1, -0.05) is 42.5 Å². The largest absolute Gasteiger partial charge is 0.436 e. The number of hydrogen-bond acceptors (Lipinski definition) is 5. The molecule has 0 atom stereocenters. The van der Waals surface area contributed by atoms with Crippen molar-refractivity contribution in [1.29, 1.82) is 0 Å². The Bertz CT molecular complexity index is 2520. The fraction of sp³-hybridized carbons (Fsp3) is 0. The minimum atomic E-state index is 0.572. The second-order valence-corrected chi connectivity index (χ2v) is 11.2. The van der Waals surface area contributed by atoms with Crippen molar-refractivity contribution < 1.29 is 4.42 Å². The summed E-state index contributed by atoms with van der Waals surface area (Å²) < 4.78 is 8.62. The van der Waals surface area contributed by atoms with Crippen molar-refractivity contribution in [1.82, 2.24) is 24.5 Å². The van der Waals surface area contributed by atoms with Crippen molar-refractivity contribution in [2.45, 2.75) is 0 Å². The Labute approximate surface area is 264 Å². The maximum absolute atomic E-state index is 6.31. The summed E-state index contributed by atoms with van der Waals surface area (Å²) in [6.07, 6.45) is 5.46. The van der Waals surface area contributed by atoms with Gasteiger partial charge in [-0.3, -0.25) is 15.0 Å².